The van der Waals surface area contributed by atoms with Crippen LogP contribution >= 0.6 is 12.2 Å². The molecule has 1 aromatic carbocycles. The van der Waals surface area contributed by atoms with Gasteiger partial charge in [0.1, 0.15) is 5.75 Å². The number of nitrogens with zero attached hydrogens (tertiary/aromatic N) is 3. The van der Waals surface area contributed by atoms with Crippen LogP contribution in [0.4, 0.5) is 5.69 Å². The summed E-state index contributed by atoms with van der Waals surface area (Å²) in [5.41, 5.74) is 3.25. The molecule has 0 amide bonds. The van der Waals surface area contributed by atoms with Crippen LogP contribution in [-0.4, -0.2) is 20.8 Å². The van der Waals surface area contributed by atoms with Crippen molar-refractivity contribution in [3.8, 4) is 5.75 Å². The van der Waals surface area contributed by atoms with E-state index in [9.17, 15) is 0 Å². The first kappa shape index (κ1) is 22.0. The summed E-state index contributed by atoms with van der Waals surface area (Å²) in [6, 6.07) is 16.6. The van der Waals surface area contributed by atoms with Crippen LogP contribution in [0.1, 0.15) is 69.8 Å². The van der Waals surface area contributed by atoms with Crippen molar-refractivity contribution in [2.75, 3.05) is 4.90 Å². The third kappa shape index (κ3) is 4.49. The zero-order chi connectivity index (χ0) is 23.0. The van der Waals surface area contributed by atoms with Crippen molar-refractivity contribution in [3.05, 3.63) is 78.4 Å². The van der Waals surface area contributed by atoms with E-state index in [1.807, 2.05) is 18.3 Å². The Morgan fingerprint density at radius 2 is 1.79 bits per heavy atom. The lowest BCUT2D eigenvalue weighted by molar-refractivity contribution is 0.210. The van der Waals surface area contributed by atoms with Crippen LogP contribution in [-0.2, 0) is 5.54 Å². The van der Waals surface area contributed by atoms with E-state index in [-0.39, 0.29) is 17.6 Å². The minimum atomic E-state index is -0.0380. The highest BCUT2D eigenvalue weighted by Crippen LogP contribution is 2.42. The molecule has 0 spiro atoms. The fourth-order valence-electron chi connectivity index (χ4n) is 4.86. The molecule has 3 aromatic rings. The van der Waals surface area contributed by atoms with Crippen LogP contribution < -0.4 is 15.0 Å². The fraction of sp³-hybridized carbons (Fsp3) is 0.407. The standard InChI is InChI=1S/C27H32N4OS/c1-27(2,3)30-17-15-19(18-30)25-24(23-10-6-7-16-28-23)29-26(33)31(25)20-11-13-22(14-12-20)32-21-8-4-5-9-21/h6-7,10-18,21,24-25H,4-5,8-9H2,1-3H3,(H,29,33). The third-order valence-electron chi connectivity index (χ3n) is 6.65. The number of hydrogen-bond acceptors (Lipinski definition) is 3. The number of hydrogen-bond donors (Lipinski definition) is 1. The summed E-state index contributed by atoms with van der Waals surface area (Å²) in [5.74, 6) is 0.931. The number of thiocarbonyl (C=S) groups is 1. The number of ether oxygens (including phenoxy) is 1. The van der Waals surface area contributed by atoms with Crippen molar-refractivity contribution in [1.29, 1.82) is 0 Å². The Bertz CT molecular complexity index is 1100. The number of benzene rings is 1. The first-order valence-corrected chi connectivity index (χ1v) is 12.3. The van der Waals surface area contributed by atoms with Crippen molar-refractivity contribution >= 4 is 23.0 Å². The lowest BCUT2D eigenvalue weighted by Gasteiger charge is -2.28. The summed E-state index contributed by atoms with van der Waals surface area (Å²) in [7, 11) is 0. The van der Waals surface area contributed by atoms with Crippen LogP contribution in [0.25, 0.3) is 0 Å². The summed E-state index contributed by atoms with van der Waals surface area (Å²) < 4.78 is 8.44. The van der Waals surface area contributed by atoms with Gasteiger partial charge in [0.2, 0.25) is 0 Å². The Kier molecular flexibility index (Phi) is 5.87. The van der Waals surface area contributed by atoms with Crippen molar-refractivity contribution < 1.29 is 4.74 Å². The molecule has 2 fully saturated rings. The Labute approximate surface area is 201 Å². The number of rotatable bonds is 5. The van der Waals surface area contributed by atoms with E-state index in [0.29, 0.717) is 11.2 Å². The molecule has 172 valence electrons. The molecule has 33 heavy (non-hydrogen) atoms. The highest BCUT2D eigenvalue weighted by molar-refractivity contribution is 7.80. The molecular formula is C27H32N4OS. The molecule has 0 radical (unpaired) electrons. The molecule has 2 aliphatic rings. The molecule has 2 unspecified atom stereocenters. The van der Waals surface area contributed by atoms with Crippen LogP contribution in [0, 0.1) is 0 Å². The molecule has 1 aliphatic carbocycles. The van der Waals surface area contributed by atoms with Crippen LogP contribution in [0.15, 0.2) is 67.1 Å². The van der Waals surface area contributed by atoms with E-state index in [1.165, 1.54) is 18.4 Å². The predicted molar refractivity (Wildman–Crippen MR) is 137 cm³/mol. The van der Waals surface area contributed by atoms with E-state index < -0.39 is 0 Å². The fourth-order valence-corrected chi connectivity index (χ4v) is 5.21. The van der Waals surface area contributed by atoms with Gasteiger partial charge in [0.05, 0.1) is 23.9 Å². The van der Waals surface area contributed by atoms with Crippen molar-refractivity contribution in [2.45, 2.75) is 70.2 Å². The molecule has 1 N–H and O–H groups in total. The van der Waals surface area contributed by atoms with Gasteiger partial charge in [-0.2, -0.15) is 0 Å². The van der Waals surface area contributed by atoms with Gasteiger partial charge in [-0.05, 0) is 107 Å². The average Bonchev–Trinajstić information content (AvgIpc) is 3.55. The first-order chi connectivity index (χ1) is 15.9. The highest BCUT2D eigenvalue weighted by atomic mass is 32.1. The Hall–Kier alpha value is -2.86. The maximum atomic E-state index is 6.18. The van der Waals surface area contributed by atoms with Crippen LogP contribution in [0.2, 0.25) is 0 Å². The lowest BCUT2D eigenvalue weighted by atomic mass is 9.98. The zero-order valence-electron chi connectivity index (χ0n) is 19.6. The number of aromatic nitrogens is 2. The molecule has 5 nitrogen and oxygen atoms in total. The minimum absolute atomic E-state index is 0.00222. The molecule has 5 rings (SSSR count). The van der Waals surface area contributed by atoms with Gasteiger partial charge in [-0.3, -0.25) is 4.98 Å². The smallest absolute Gasteiger partial charge is 0.174 e. The van der Waals surface area contributed by atoms with E-state index >= 15 is 0 Å². The maximum Gasteiger partial charge on any atom is 0.174 e. The van der Waals surface area contributed by atoms with Gasteiger partial charge in [0.25, 0.3) is 0 Å². The monoisotopic (exact) mass is 460 g/mol. The van der Waals surface area contributed by atoms with Gasteiger partial charge in [0.15, 0.2) is 5.11 Å². The summed E-state index contributed by atoms with van der Waals surface area (Å²) in [6.45, 7) is 6.64. The van der Waals surface area contributed by atoms with Gasteiger partial charge in [0, 0.05) is 29.8 Å². The maximum absolute atomic E-state index is 6.18. The largest absolute Gasteiger partial charge is 0.490 e. The molecule has 2 aromatic heterocycles. The quantitative estimate of drug-likeness (QED) is 0.464. The molecule has 0 bridgehead atoms. The normalized spacial score (nSPS) is 21.4. The molecule has 1 aliphatic heterocycles. The Morgan fingerprint density at radius 1 is 1.03 bits per heavy atom. The van der Waals surface area contributed by atoms with Crippen molar-refractivity contribution in [2.24, 2.45) is 0 Å². The average molecular weight is 461 g/mol. The van der Waals surface area contributed by atoms with Gasteiger partial charge >= 0.3 is 0 Å². The van der Waals surface area contributed by atoms with Gasteiger partial charge < -0.3 is 19.5 Å². The molecule has 3 heterocycles. The summed E-state index contributed by atoms with van der Waals surface area (Å²) in [4.78, 5) is 6.87. The lowest BCUT2D eigenvalue weighted by Crippen LogP contribution is -2.29. The second-order valence-electron chi connectivity index (χ2n) is 10.0. The predicted octanol–water partition coefficient (Wildman–Crippen LogP) is 6.14. The summed E-state index contributed by atoms with van der Waals surface area (Å²) in [5, 5.41) is 4.25. The second kappa shape index (κ2) is 8.82. The topological polar surface area (TPSA) is 42.3 Å². The first-order valence-electron chi connectivity index (χ1n) is 11.9. The van der Waals surface area contributed by atoms with Crippen molar-refractivity contribution in [3.63, 3.8) is 0 Å². The number of anilines is 1. The highest BCUT2D eigenvalue weighted by Gasteiger charge is 2.41. The Balaban J connectivity index is 1.49. The molecule has 1 saturated heterocycles. The van der Waals surface area contributed by atoms with Crippen molar-refractivity contribution in [1.82, 2.24) is 14.9 Å². The second-order valence-corrected chi connectivity index (χ2v) is 10.4. The SMILES string of the molecule is CC(C)(C)n1ccc(C2C(c3ccccn3)NC(=S)N2c2ccc(OC3CCCC3)cc2)c1. The third-order valence-corrected chi connectivity index (χ3v) is 6.96. The molecule has 1 saturated carbocycles. The zero-order valence-corrected chi connectivity index (χ0v) is 20.4. The van der Waals surface area contributed by atoms with E-state index in [0.717, 1.165) is 30.0 Å². The Morgan fingerprint density at radius 3 is 2.42 bits per heavy atom. The van der Waals surface area contributed by atoms with Crippen LogP contribution in [0.3, 0.4) is 0 Å². The number of pyridine rings is 1. The molecule has 6 heteroatoms. The van der Waals surface area contributed by atoms with Gasteiger partial charge in [-0.15, -0.1) is 0 Å². The van der Waals surface area contributed by atoms with E-state index in [4.69, 9.17) is 17.0 Å². The minimum Gasteiger partial charge on any atom is -0.490 e. The van der Waals surface area contributed by atoms with E-state index in [2.05, 4.69) is 89.3 Å². The summed E-state index contributed by atoms with van der Waals surface area (Å²) in [6.07, 6.45) is 11.4. The van der Waals surface area contributed by atoms with Crippen LogP contribution in [0.5, 0.6) is 5.75 Å². The molecule has 2 atom stereocenters. The molecular weight excluding hydrogens is 428 g/mol. The number of nitrogens with one attached hydrogen (secondary N) is 1. The summed E-state index contributed by atoms with van der Waals surface area (Å²) >= 11 is 5.85. The van der Waals surface area contributed by atoms with Gasteiger partial charge in [-0.1, -0.05) is 6.07 Å². The van der Waals surface area contributed by atoms with E-state index in [1.54, 1.807) is 0 Å². The van der Waals surface area contributed by atoms with Gasteiger partial charge in [-0.25, -0.2) is 0 Å².